The van der Waals surface area contributed by atoms with Crippen molar-refractivity contribution in [3.63, 3.8) is 0 Å². The number of azo groups is 2. The third-order valence-corrected chi connectivity index (χ3v) is 25.5. The molecule has 20 nitrogen and oxygen atoms in total. The Kier molecular flexibility index (Phi) is 46.3. The maximum absolute atomic E-state index is 15.8. The van der Waals surface area contributed by atoms with Crippen LogP contribution in [0.3, 0.4) is 0 Å². The van der Waals surface area contributed by atoms with Gasteiger partial charge in [0.25, 0.3) is 34.7 Å². The number of nitriles is 2. The van der Waals surface area contributed by atoms with Crippen molar-refractivity contribution in [2.75, 3.05) is 52.4 Å². The highest BCUT2D eigenvalue weighted by Crippen LogP contribution is 2.40. The first-order chi connectivity index (χ1) is 57.9. The number of hydrogen-bond acceptors (Lipinski definition) is 14. The molecule has 8 unspecified atom stereocenters. The van der Waals surface area contributed by atoms with Crippen LogP contribution in [0.2, 0.25) is 0 Å². The summed E-state index contributed by atoms with van der Waals surface area (Å²) in [5.74, 6) is -0.547. The summed E-state index contributed by atoms with van der Waals surface area (Å²) < 4.78 is 1.70. The van der Waals surface area contributed by atoms with E-state index >= 15 is 19.2 Å². The van der Waals surface area contributed by atoms with E-state index in [9.17, 15) is 30.3 Å². The van der Waals surface area contributed by atoms with Crippen molar-refractivity contribution in [1.82, 2.24) is 28.7 Å². The monoisotopic (exact) mass is 1650 g/mol. The number of pyridine rings is 2. The zero-order valence-electron chi connectivity index (χ0n) is 77.4. The highest BCUT2D eigenvalue weighted by molar-refractivity contribution is 6.03. The number of aromatic nitrogens is 2. The van der Waals surface area contributed by atoms with Gasteiger partial charge in [0.15, 0.2) is 11.4 Å². The zero-order chi connectivity index (χ0) is 88.4. The molecule has 20 heteroatoms. The number of nitrogens with zero attached hydrogens (tertiary/aromatic N) is 12. The topological polar surface area (TPSA) is 263 Å². The van der Waals surface area contributed by atoms with E-state index in [1.165, 1.54) is 38.1 Å². The van der Waals surface area contributed by atoms with E-state index in [-0.39, 0.29) is 127 Å². The number of aromatic hydroxyl groups is 2. The number of rotatable bonds is 58. The second-order valence-electron chi connectivity index (χ2n) is 34.4. The summed E-state index contributed by atoms with van der Waals surface area (Å²) in [7, 11) is 0. The fraction of sp³-hybridized carbons (Fsp3) is 0.660. The minimum atomic E-state index is -0.959. The van der Waals surface area contributed by atoms with Crippen molar-refractivity contribution < 1.29 is 29.4 Å². The van der Waals surface area contributed by atoms with Crippen LogP contribution in [0.1, 0.15) is 380 Å². The average Bonchev–Trinajstić information content (AvgIpc) is 0.756. The summed E-state index contributed by atoms with van der Waals surface area (Å²) in [5, 5.41) is 66.5. The van der Waals surface area contributed by atoms with Crippen molar-refractivity contribution in [1.29, 1.82) is 10.5 Å². The van der Waals surface area contributed by atoms with Gasteiger partial charge in [-0.1, -0.05) is 271 Å². The molecule has 662 valence electrons. The number of benzene rings is 3. The third-order valence-electron chi connectivity index (χ3n) is 25.5. The zero-order valence-corrected chi connectivity index (χ0v) is 77.4. The van der Waals surface area contributed by atoms with Gasteiger partial charge >= 0.3 is 0 Å². The fourth-order valence-electron chi connectivity index (χ4n) is 16.8. The lowest BCUT2D eigenvalue weighted by molar-refractivity contribution is 0.0674. The molecule has 0 aliphatic rings. The first-order valence-corrected chi connectivity index (χ1v) is 47.1. The van der Waals surface area contributed by atoms with Gasteiger partial charge in [0, 0.05) is 74.6 Å². The highest BCUT2D eigenvalue weighted by atomic mass is 16.3. The summed E-state index contributed by atoms with van der Waals surface area (Å²) in [6, 6.07) is 19.8. The van der Waals surface area contributed by atoms with Crippen LogP contribution in [0, 0.1) is 83.9 Å². The molecule has 0 radical (unpaired) electrons. The molecule has 3 aromatic carbocycles. The molecule has 0 saturated carbocycles. The maximum atomic E-state index is 15.8. The summed E-state index contributed by atoms with van der Waals surface area (Å²) in [6.45, 7) is 42.0. The van der Waals surface area contributed by atoms with Crippen LogP contribution in [0.5, 0.6) is 11.8 Å². The number of hydrogen-bond donors (Lipinski definition) is 2. The standard InChI is InChI=1S/C100H154N12O8/c1-19-35-44-73(27-9)63-107(64-74(28-10)45-36-20-2)93(113)81-54-56-85(95(115)109(67-77(31-13)48-39-23-5)68-78(32-14)49-40-24-6)89(58-81)103-105-91-71(17)87(61-101)97(117)111(99(91)119)83-52-43-53-84(60-83)112-98(118)88(62-102)72(18)92(100(112)120)106-104-90-59-82(94(114)108(65-75(29-11)46-37-21-3)66-76(30-12)47-38-22-4)55-57-86(90)96(116)110(69-79(33-15)50-41-25-7)70-80(34-16)51-42-26-8/h43,52-60,73-80,119-120H,19-42,44-51,63-70H2,1-18H3/b105-103+,106-104+. The van der Waals surface area contributed by atoms with E-state index in [0.717, 1.165) is 215 Å². The predicted molar refractivity (Wildman–Crippen MR) is 491 cm³/mol. The van der Waals surface area contributed by atoms with Crippen molar-refractivity contribution in [2.45, 2.75) is 330 Å². The Hall–Kier alpha value is -8.78. The summed E-state index contributed by atoms with van der Waals surface area (Å²) >= 11 is 0. The SMILES string of the molecule is CCCCC(CC)CN(CC(CC)CCCC)C(=O)c1ccc(C(=O)N(CC(CC)CCCC)CC(CC)CCCC)c(/N=N/c2c(C)c(C#N)c(=O)n(-c3cccc(-n4c(O)c(/N=N/c5cc(C(=O)N(CC(CC)CCCC)CC(CC)CCCC)ccc5C(=O)N(CC(CC)CCCC)CC(CC)CCCC)c(C)c(C#N)c4=O)c3)c2O)c1. The molecule has 0 spiro atoms. The van der Waals surface area contributed by atoms with Crippen LogP contribution in [0.15, 0.2) is 90.7 Å². The largest absolute Gasteiger partial charge is 0.493 e. The first kappa shape index (κ1) is 102. The minimum Gasteiger partial charge on any atom is -0.493 e. The molecule has 0 bridgehead atoms. The molecule has 2 N–H and O–H groups in total. The Balaban J connectivity index is 1.85. The molecule has 5 rings (SSSR count). The van der Waals surface area contributed by atoms with E-state index in [1.54, 1.807) is 36.4 Å². The molecule has 5 aromatic rings. The normalized spacial score (nSPS) is 13.7. The molecule has 0 aliphatic carbocycles. The van der Waals surface area contributed by atoms with Crippen molar-refractivity contribution in [3.8, 4) is 35.3 Å². The van der Waals surface area contributed by atoms with Gasteiger partial charge in [-0.2, -0.15) is 10.5 Å². The molecular weight excluding hydrogens is 1500 g/mol. The lowest BCUT2D eigenvalue weighted by Crippen LogP contribution is -2.39. The minimum absolute atomic E-state index is 0.0249. The molecule has 2 aromatic heterocycles. The van der Waals surface area contributed by atoms with Gasteiger partial charge in [0.1, 0.15) is 23.3 Å². The predicted octanol–water partition coefficient (Wildman–Crippen LogP) is 26.1. The van der Waals surface area contributed by atoms with Crippen molar-refractivity contribution >= 4 is 46.4 Å². The summed E-state index contributed by atoms with van der Waals surface area (Å²) in [4.78, 5) is 100. The van der Waals surface area contributed by atoms with Gasteiger partial charge in [-0.3, -0.25) is 28.8 Å². The Morgan fingerprint density at radius 2 is 0.583 bits per heavy atom. The van der Waals surface area contributed by atoms with Gasteiger partial charge < -0.3 is 29.8 Å². The molecule has 0 aliphatic heterocycles. The highest BCUT2D eigenvalue weighted by Gasteiger charge is 2.33. The van der Waals surface area contributed by atoms with Crippen LogP contribution in [0.25, 0.3) is 11.4 Å². The van der Waals surface area contributed by atoms with Crippen LogP contribution < -0.4 is 11.1 Å². The molecule has 4 amide bonds. The number of carbonyl (C=O) groups is 4. The smallest absolute Gasteiger partial charge is 0.276 e. The quantitative estimate of drug-likeness (QED) is 0.0348. The van der Waals surface area contributed by atoms with Crippen LogP contribution in [-0.4, -0.2) is 115 Å². The molecule has 2 heterocycles. The lowest BCUT2D eigenvalue weighted by Gasteiger charge is -2.32. The fourth-order valence-corrected chi connectivity index (χ4v) is 16.8. The Morgan fingerprint density at radius 3 is 0.800 bits per heavy atom. The Morgan fingerprint density at radius 1 is 0.350 bits per heavy atom. The summed E-state index contributed by atoms with van der Waals surface area (Å²) in [5.41, 5.74) is -2.46. The number of amides is 4. The van der Waals surface area contributed by atoms with E-state index in [0.29, 0.717) is 63.5 Å². The molecular formula is C100H154N12O8. The summed E-state index contributed by atoms with van der Waals surface area (Å²) in [6.07, 6.45) is 31.2. The van der Waals surface area contributed by atoms with Crippen LogP contribution in [-0.2, 0) is 0 Å². The van der Waals surface area contributed by atoms with Gasteiger partial charge in [0.05, 0.1) is 33.9 Å². The lowest BCUT2D eigenvalue weighted by atomic mass is 9.94. The molecule has 0 saturated heterocycles. The second-order valence-corrected chi connectivity index (χ2v) is 34.4. The van der Waals surface area contributed by atoms with Crippen molar-refractivity contribution in [3.05, 3.63) is 126 Å². The molecule has 0 fully saturated rings. The van der Waals surface area contributed by atoms with Gasteiger partial charge in [-0.15, -0.1) is 20.5 Å². The van der Waals surface area contributed by atoms with E-state index in [4.69, 9.17) is 20.5 Å². The van der Waals surface area contributed by atoms with E-state index in [2.05, 4.69) is 111 Å². The first-order valence-electron chi connectivity index (χ1n) is 47.1. The molecule has 120 heavy (non-hydrogen) atoms. The second kappa shape index (κ2) is 54.6. The maximum Gasteiger partial charge on any atom is 0.276 e. The van der Waals surface area contributed by atoms with E-state index < -0.39 is 34.0 Å². The third kappa shape index (κ3) is 29.2. The van der Waals surface area contributed by atoms with Gasteiger partial charge in [0.2, 0.25) is 11.8 Å². The van der Waals surface area contributed by atoms with Crippen molar-refractivity contribution in [2.24, 2.45) is 67.8 Å². The Bertz CT molecular complexity index is 3940. The molecule has 8 atom stereocenters. The number of unbranched alkanes of at least 4 members (excludes halogenated alkanes) is 8. The van der Waals surface area contributed by atoms with Crippen LogP contribution in [0.4, 0.5) is 22.7 Å². The van der Waals surface area contributed by atoms with E-state index in [1.807, 2.05) is 31.7 Å². The van der Waals surface area contributed by atoms with Gasteiger partial charge in [-0.05, 0) is 167 Å². The Labute approximate surface area is 722 Å². The number of carbonyl (C=O) groups excluding carboxylic acids is 4. The van der Waals surface area contributed by atoms with Gasteiger partial charge in [-0.25, -0.2) is 9.13 Å². The average molecular weight is 1650 g/mol. The van der Waals surface area contributed by atoms with Crippen LogP contribution >= 0.6 is 0 Å².